The zero-order valence-corrected chi connectivity index (χ0v) is 12.7. The molecule has 20 heavy (non-hydrogen) atoms. The fourth-order valence-corrected chi connectivity index (χ4v) is 1.70. The van der Waals surface area contributed by atoms with Gasteiger partial charge in [-0.1, -0.05) is 6.92 Å². The van der Waals surface area contributed by atoms with Crippen LogP contribution in [0.25, 0.3) is 0 Å². The molecule has 0 aromatic carbocycles. The summed E-state index contributed by atoms with van der Waals surface area (Å²) in [6.07, 6.45) is 0. The SMILES string of the molecule is C1COCCN1.C=C(C)[O-].CC(=O)C[NH+]1CCOCC1. The van der Waals surface area contributed by atoms with Gasteiger partial charge in [-0.25, -0.2) is 0 Å². The molecule has 2 aliphatic rings. The Labute approximate surface area is 121 Å². The number of carbonyl (C=O) groups is 1. The molecule has 6 nitrogen and oxygen atoms in total. The van der Waals surface area contributed by atoms with Crippen LogP contribution in [-0.2, 0) is 14.3 Å². The Bertz CT molecular complexity index is 246. The normalized spacial score (nSPS) is 18.9. The summed E-state index contributed by atoms with van der Waals surface area (Å²) >= 11 is 0. The maximum Gasteiger partial charge on any atom is 0.183 e. The van der Waals surface area contributed by atoms with Crippen molar-refractivity contribution in [2.24, 2.45) is 0 Å². The summed E-state index contributed by atoms with van der Waals surface area (Å²) in [4.78, 5) is 12.0. The molecule has 0 aromatic rings. The van der Waals surface area contributed by atoms with Crippen LogP contribution in [0.5, 0.6) is 0 Å². The zero-order valence-electron chi connectivity index (χ0n) is 12.7. The number of quaternary nitrogens is 1. The van der Waals surface area contributed by atoms with Gasteiger partial charge in [0, 0.05) is 20.0 Å². The lowest BCUT2D eigenvalue weighted by Gasteiger charge is -2.22. The van der Waals surface area contributed by atoms with Crippen molar-refractivity contribution in [2.45, 2.75) is 13.8 Å². The first-order valence-corrected chi connectivity index (χ1v) is 7.04. The van der Waals surface area contributed by atoms with E-state index in [1.807, 2.05) is 0 Å². The number of ether oxygens (including phenoxy) is 2. The van der Waals surface area contributed by atoms with Crippen LogP contribution >= 0.6 is 0 Å². The van der Waals surface area contributed by atoms with Gasteiger partial charge in [-0.2, -0.15) is 0 Å². The van der Waals surface area contributed by atoms with E-state index in [2.05, 4.69) is 11.9 Å². The highest BCUT2D eigenvalue weighted by molar-refractivity contribution is 5.76. The minimum absolute atomic E-state index is 0.0833. The van der Waals surface area contributed by atoms with Gasteiger partial charge in [0.05, 0.1) is 26.4 Å². The molecular formula is C14H28N2O4. The third-order valence-corrected chi connectivity index (χ3v) is 2.55. The number of carbonyl (C=O) groups excluding carboxylic acids is 1. The van der Waals surface area contributed by atoms with E-state index in [9.17, 15) is 9.90 Å². The molecule has 6 heteroatoms. The molecule has 2 N–H and O–H groups in total. The Balaban J connectivity index is 0.000000307. The van der Waals surface area contributed by atoms with E-state index in [1.54, 1.807) is 6.92 Å². The van der Waals surface area contributed by atoms with Crippen LogP contribution in [0, 0.1) is 0 Å². The number of hydrogen-bond donors (Lipinski definition) is 2. The van der Waals surface area contributed by atoms with Crippen LogP contribution in [-0.4, -0.2) is 64.9 Å². The second kappa shape index (κ2) is 13.1. The molecule has 0 atom stereocenters. The minimum Gasteiger partial charge on any atom is -0.876 e. The molecule has 0 bridgehead atoms. The fourth-order valence-electron chi connectivity index (χ4n) is 1.70. The number of hydrogen-bond acceptors (Lipinski definition) is 5. The van der Waals surface area contributed by atoms with E-state index in [0.29, 0.717) is 6.54 Å². The maximum atomic E-state index is 10.7. The van der Waals surface area contributed by atoms with Gasteiger partial charge < -0.3 is 24.8 Å². The Hall–Kier alpha value is -0.950. The maximum absolute atomic E-state index is 10.7. The Morgan fingerprint density at radius 1 is 1.15 bits per heavy atom. The summed E-state index contributed by atoms with van der Waals surface area (Å²) < 4.78 is 10.2. The van der Waals surface area contributed by atoms with E-state index in [4.69, 9.17) is 9.47 Å². The summed E-state index contributed by atoms with van der Waals surface area (Å²) in [5.74, 6) is 0.192. The summed E-state index contributed by atoms with van der Waals surface area (Å²) in [6, 6.07) is 0. The Kier molecular flexibility index (Phi) is 12.4. The van der Waals surface area contributed by atoms with Gasteiger partial charge in [0.2, 0.25) is 0 Å². The second-order valence-electron chi connectivity index (χ2n) is 4.81. The molecule has 0 aliphatic carbocycles. The van der Waals surface area contributed by atoms with Crippen LogP contribution in [0.2, 0.25) is 0 Å². The highest BCUT2D eigenvalue weighted by atomic mass is 16.5. The first-order valence-electron chi connectivity index (χ1n) is 7.04. The van der Waals surface area contributed by atoms with Crippen molar-refractivity contribution in [1.29, 1.82) is 0 Å². The number of allylic oxidation sites excluding steroid dienone is 1. The lowest BCUT2D eigenvalue weighted by atomic mass is 10.3. The predicted octanol–water partition coefficient (Wildman–Crippen LogP) is -2.02. The highest BCUT2D eigenvalue weighted by Crippen LogP contribution is 1.76. The molecule has 0 spiro atoms. The smallest absolute Gasteiger partial charge is 0.183 e. The number of ketones is 1. The van der Waals surface area contributed by atoms with Crippen molar-refractivity contribution < 1.29 is 24.3 Å². The van der Waals surface area contributed by atoms with Crippen molar-refractivity contribution in [3.63, 3.8) is 0 Å². The molecule has 0 amide bonds. The summed E-state index contributed by atoms with van der Waals surface area (Å²) in [7, 11) is 0. The van der Waals surface area contributed by atoms with E-state index in [1.165, 1.54) is 11.8 Å². The van der Waals surface area contributed by atoms with Gasteiger partial charge in [0.25, 0.3) is 0 Å². The van der Waals surface area contributed by atoms with Crippen molar-refractivity contribution >= 4 is 5.78 Å². The molecule has 2 heterocycles. The topological polar surface area (TPSA) is 75.1 Å². The molecule has 0 saturated carbocycles. The van der Waals surface area contributed by atoms with Crippen molar-refractivity contribution in [3.05, 3.63) is 12.3 Å². The van der Waals surface area contributed by atoms with Crippen molar-refractivity contribution in [2.75, 3.05) is 59.2 Å². The molecule has 0 radical (unpaired) electrons. The summed E-state index contributed by atoms with van der Waals surface area (Å²) in [5, 5.41) is 12.5. The lowest BCUT2D eigenvalue weighted by Crippen LogP contribution is -3.14. The average Bonchev–Trinajstić information content (AvgIpc) is 2.41. The molecule has 2 rings (SSSR count). The Morgan fingerprint density at radius 3 is 1.90 bits per heavy atom. The largest absolute Gasteiger partial charge is 0.876 e. The third kappa shape index (κ3) is 15.1. The van der Waals surface area contributed by atoms with Crippen molar-refractivity contribution in [1.82, 2.24) is 5.32 Å². The number of rotatable bonds is 2. The number of Topliss-reactive ketones (excluding diaryl/α,β-unsaturated/α-hetero) is 1. The van der Waals surface area contributed by atoms with E-state index >= 15 is 0 Å². The molecule has 2 saturated heterocycles. The lowest BCUT2D eigenvalue weighted by molar-refractivity contribution is -0.899. The molecular weight excluding hydrogens is 260 g/mol. The summed E-state index contributed by atoms with van der Waals surface area (Å²) in [6.45, 7) is 14.1. The van der Waals surface area contributed by atoms with E-state index < -0.39 is 0 Å². The van der Waals surface area contributed by atoms with Gasteiger partial charge in [0.15, 0.2) is 5.78 Å². The van der Waals surface area contributed by atoms with Crippen LogP contribution < -0.4 is 15.3 Å². The quantitative estimate of drug-likeness (QED) is 0.574. The number of morpholine rings is 2. The first-order chi connectivity index (χ1) is 9.52. The molecule has 2 aliphatic heterocycles. The van der Waals surface area contributed by atoms with Crippen LogP contribution in [0.15, 0.2) is 12.3 Å². The molecule has 0 aromatic heterocycles. The van der Waals surface area contributed by atoms with E-state index in [0.717, 1.165) is 52.6 Å². The van der Waals surface area contributed by atoms with Gasteiger partial charge in [0.1, 0.15) is 19.6 Å². The fraction of sp³-hybridized carbons (Fsp3) is 0.786. The van der Waals surface area contributed by atoms with Crippen LogP contribution in [0.4, 0.5) is 0 Å². The highest BCUT2D eigenvalue weighted by Gasteiger charge is 2.14. The molecule has 0 unspecified atom stereocenters. The Morgan fingerprint density at radius 2 is 1.60 bits per heavy atom. The standard InChI is InChI=1S/C7H13NO2.C4H9NO.C3H6O/c1-7(9)6-8-2-4-10-5-3-8;1-3-6-4-2-5-1;1-3(2)4/h2-6H2,1H3;5H,1-4H2;4H,1H2,2H3. The number of nitrogens with one attached hydrogen (secondary N) is 2. The van der Waals surface area contributed by atoms with Crippen LogP contribution in [0.3, 0.4) is 0 Å². The average molecular weight is 288 g/mol. The van der Waals surface area contributed by atoms with Gasteiger partial charge in [-0.15, -0.1) is 12.3 Å². The van der Waals surface area contributed by atoms with Crippen molar-refractivity contribution in [3.8, 4) is 0 Å². The minimum atomic E-state index is -0.0833. The van der Waals surface area contributed by atoms with Gasteiger partial charge in [-0.05, 0) is 0 Å². The van der Waals surface area contributed by atoms with E-state index in [-0.39, 0.29) is 11.5 Å². The third-order valence-electron chi connectivity index (χ3n) is 2.55. The van der Waals surface area contributed by atoms with Gasteiger partial charge >= 0.3 is 0 Å². The van der Waals surface area contributed by atoms with Crippen LogP contribution in [0.1, 0.15) is 13.8 Å². The monoisotopic (exact) mass is 288 g/mol. The molecule has 118 valence electrons. The molecule has 2 fully saturated rings. The predicted molar refractivity (Wildman–Crippen MR) is 75.6 cm³/mol. The van der Waals surface area contributed by atoms with Gasteiger partial charge in [-0.3, -0.25) is 4.79 Å². The zero-order chi connectivity index (χ0) is 15.2. The summed E-state index contributed by atoms with van der Waals surface area (Å²) in [5.41, 5.74) is 0. The first kappa shape index (κ1) is 19.1. The second-order valence-corrected chi connectivity index (χ2v) is 4.81.